The molecule has 0 aliphatic rings. The highest BCUT2D eigenvalue weighted by Crippen LogP contribution is 2.23. The number of ether oxygens (including phenoxy) is 1. The van der Waals surface area contributed by atoms with Crippen molar-refractivity contribution in [3.63, 3.8) is 0 Å². The fraction of sp³-hybridized carbons (Fsp3) is 0.316. The summed E-state index contributed by atoms with van der Waals surface area (Å²) in [6.07, 6.45) is 0.844. The molecule has 0 unspecified atom stereocenters. The zero-order valence-corrected chi connectivity index (χ0v) is 14.8. The number of carbonyl (C=O) groups is 1. The highest BCUT2D eigenvalue weighted by molar-refractivity contribution is 8.00. The van der Waals surface area contributed by atoms with Gasteiger partial charge in [-0.05, 0) is 30.2 Å². The predicted octanol–water partition coefficient (Wildman–Crippen LogP) is 2.82. The van der Waals surface area contributed by atoms with Gasteiger partial charge in [-0.3, -0.25) is 4.79 Å². The average Bonchev–Trinajstić information content (AvgIpc) is 2.64. The molecule has 0 radical (unpaired) electrons. The molecule has 0 aliphatic carbocycles. The number of thioether (sulfide) groups is 1. The van der Waals surface area contributed by atoms with Crippen LogP contribution in [0.1, 0.15) is 5.56 Å². The highest BCUT2D eigenvalue weighted by atomic mass is 32.2. The molecule has 5 heteroatoms. The van der Waals surface area contributed by atoms with Crippen LogP contribution in [0.5, 0.6) is 5.75 Å². The fourth-order valence-electron chi connectivity index (χ4n) is 2.35. The van der Waals surface area contributed by atoms with Crippen LogP contribution in [0, 0.1) is 0 Å². The summed E-state index contributed by atoms with van der Waals surface area (Å²) in [5.74, 6) is 1.32. The Hall–Kier alpha value is -1.98. The normalized spacial score (nSPS) is 10.4. The van der Waals surface area contributed by atoms with E-state index in [1.165, 1.54) is 17.3 Å². The minimum atomic E-state index is 0.115. The summed E-state index contributed by atoms with van der Waals surface area (Å²) in [6, 6.07) is 17.9. The van der Waals surface area contributed by atoms with Gasteiger partial charge in [-0.1, -0.05) is 36.4 Å². The summed E-state index contributed by atoms with van der Waals surface area (Å²) in [6.45, 7) is 1.76. The molecule has 24 heavy (non-hydrogen) atoms. The Kier molecular flexibility index (Phi) is 7.65. The molecule has 0 heterocycles. The maximum atomic E-state index is 12.5. The second kappa shape index (κ2) is 10.0. The summed E-state index contributed by atoms with van der Waals surface area (Å²) in [5, 5.41) is 0. The van der Waals surface area contributed by atoms with E-state index < -0.39 is 0 Å². The maximum Gasteiger partial charge on any atom is 0.232 e. The third-order valence-electron chi connectivity index (χ3n) is 3.67. The Labute approximate surface area is 148 Å². The number of amides is 1. The van der Waals surface area contributed by atoms with E-state index in [0.29, 0.717) is 25.4 Å². The number of nitrogens with zero attached hydrogens (tertiary/aromatic N) is 1. The molecule has 2 aromatic rings. The summed E-state index contributed by atoms with van der Waals surface area (Å²) >= 11 is 1.52. The van der Waals surface area contributed by atoms with Gasteiger partial charge in [0.15, 0.2) is 0 Å². The van der Waals surface area contributed by atoms with Crippen molar-refractivity contribution >= 4 is 17.7 Å². The molecule has 0 fully saturated rings. The lowest BCUT2D eigenvalue weighted by Crippen LogP contribution is -2.38. The number of benzene rings is 2. The Balaban J connectivity index is 1.88. The monoisotopic (exact) mass is 344 g/mol. The number of nitrogens with two attached hydrogens (primary N) is 1. The first-order valence-corrected chi connectivity index (χ1v) is 9.00. The molecule has 128 valence electrons. The van der Waals surface area contributed by atoms with Gasteiger partial charge in [0, 0.05) is 24.5 Å². The molecule has 0 saturated carbocycles. The molecule has 1 amide bonds. The van der Waals surface area contributed by atoms with Crippen molar-refractivity contribution in [2.24, 2.45) is 5.73 Å². The molecular weight excluding hydrogens is 320 g/mol. The van der Waals surface area contributed by atoms with E-state index in [-0.39, 0.29) is 5.91 Å². The van der Waals surface area contributed by atoms with Gasteiger partial charge in [-0.15, -0.1) is 11.8 Å². The van der Waals surface area contributed by atoms with Crippen molar-refractivity contribution in [2.45, 2.75) is 11.3 Å². The topological polar surface area (TPSA) is 55.6 Å². The lowest BCUT2D eigenvalue weighted by molar-refractivity contribution is -0.128. The molecule has 0 spiro atoms. The van der Waals surface area contributed by atoms with Crippen LogP contribution in [0.25, 0.3) is 0 Å². The predicted molar refractivity (Wildman–Crippen MR) is 99.5 cm³/mol. The van der Waals surface area contributed by atoms with Crippen LogP contribution in [0.3, 0.4) is 0 Å². The van der Waals surface area contributed by atoms with E-state index in [0.717, 1.165) is 17.1 Å². The standard InChI is InChI=1S/C19H24N2O2S/c1-23-17-8-5-9-18(14-17)24-15-19(22)21(13-11-20)12-10-16-6-3-2-4-7-16/h2-9,14H,10-13,15,20H2,1H3. The molecule has 0 bridgehead atoms. The van der Waals surface area contributed by atoms with Crippen LogP contribution in [-0.4, -0.2) is 43.3 Å². The number of rotatable bonds is 9. The fourth-order valence-corrected chi connectivity index (χ4v) is 3.20. The molecule has 0 atom stereocenters. The Bertz CT molecular complexity index is 634. The lowest BCUT2D eigenvalue weighted by atomic mass is 10.1. The van der Waals surface area contributed by atoms with Crippen LogP contribution in [0.4, 0.5) is 0 Å². The number of hydrogen-bond acceptors (Lipinski definition) is 4. The average molecular weight is 344 g/mol. The van der Waals surface area contributed by atoms with Crippen molar-refractivity contribution in [2.75, 3.05) is 32.5 Å². The molecule has 2 N–H and O–H groups in total. The van der Waals surface area contributed by atoms with Crippen molar-refractivity contribution in [1.29, 1.82) is 0 Å². The van der Waals surface area contributed by atoms with E-state index in [1.807, 2.05) is 47.4 Å². The molecular formula is C19H24N2O2S. The SMILES string of the molecule is COc1cccc(SCC(=O)N(CCN)CCc2ccccc2)c1. The second-order valence-electron chi connectivity index (χ2n) is 5.37. The zero-order chi connectivity index (χ0) is 17.2. The van der Waals surface area contributed by atoms with Crippen molar-refractivity contribution in [3.8, 4) is 5.75 Å². The minimum Gasteiger partial charge on any atom is -0.497 e. The lowest BCUT2D eigenvalue weighted by Gasteiger charge is -2.22. The highest BCUT2D eigenvalue weighted by Gasteiger charge is 2.13. The number of carbonyl (C=O) groups excluding carboxylic acids is 1. The van der Waals surface area contributed by atoms with Crippen molar-refractivity contribution in [1.82, 2.24) is 4.90 Å². The zero-order valence-electron chi connectivity index (χ0n) is 14.0. The molecule has 4 nitrogen and oxygen atoms in total. The van der Waals surface area contributed by atoms with Gasteiger partial charge >= 0.3 is 0 Å². The molecule has 0 aliphatic heterocycles. The summed E-state index contributed by atoms with van der Waals surface area (Å²) in [4.78, 5) is 15.4. The minimum absolute atomic E-state index is 0.115. The van der Waals surface area contributed by atoms with Crippen molar-refractivity contribution < 1.29 is 9.53 Å². The first-order valence-electron chi connectivity index (χ1n) is 8.01. The van der Waals surface area contributed by atoms with Crippen LogP contribution in [0.2, 0.25) is 0 Å². The van der Waals surface area contributed by atoms with Gasteiger partial charge < -0.3 is 15.4 Å². The van der Waals surface area contributed by atoms with Gasteiger partial charge in [0.2, 0.25) is 5.91 Å². The van der Waals surface area contributed by atoms with E-state index >= 15 is 0 Å². The molecule has 0 saturated heterocycles. The van der Waals surface area contributed by atoms with Crippen LogP contribution >= 0.6 is 11.8 Å². The summed E-state index contributed by atoms with van der Waals surface area (Å²) in [5.41, 5.74) is 6.89. The van der Waals surface area contributed by atoms with Gasteiger partial charge in [0.05, 0.1) is 12.9 Å². The van der Waals surface area contributed by atoms with Crippen LogP contribution in [-0.2, 0) is 11.2 Å². The van der Waals surface area contributed by atoms with Gasteiger partial charge in [0.25, 0.3) is 0 Å². The number of methoxy groups -OCH3 is 1. The van der Waals surface area contributed by atoms with E-state index in [1.54, 1.807) is 7.11 Å². The second-order valence-corrected chi connectivity index (χ2v) is 6.42. The van der Waals surface area contributed by atoms with Gasteiger partial charge in [0.1, 0.15) is 5.75 Å². The van der Waals surface area contributed by atoms with Gasteiger partial charge in [-0.2, -0.15) is 0 Å². The first kappa shape index (κ1) is 18.4. The summed E-state index contributed by atoms with van der Waals surface area (Å²) < 4.78 is 5.21. The smallest absolute Gasteiger partial charge is 0.232 e. The quantitative estimate of drug-likeness (QED) is 0.711. The first-order chi connectivity index (χ1) is 11.7. The molecule has 2 rings (SSSR count). The van der Waals surface area contributed by atoms with E-state index in [2.05, 4.69) is 12.1 Å². The Morgan fingerprint density at radius 1 is 1.12 bits per heavy atom. The largest absolute Gasteiger partial charge is 0.497 e. The molecule has 0 aromatic heterocycles. The van der Waals surface area contributed by atoms with Crippen LogP contribution < -0.4 is 10.5 Å². The van der Waals surface area contributed by atoms with Crippen molar-refractivity contribution in [3.05, 3.63) is 60.2 Å². The number of hydrogen-bond donors (Lipinski definition) is 1. The third-order valence-corrected chi connectivity index (χ3v) is 4.65. The maximum absolute atomic E-state index is 12.5. The Morgan fingerprint density at radius 2 is 1.92 bits per heavy atom. The van der Waals surface area contributed by atoms with Crippen LogP contribution in [0.15, 0.2) is 59.5 Å². The van der Waals surface area contributed by atoms with Gasteiger partial charge in [-0.25, -0.2) is 0 Å². The molecule has 2 aromatic carbocycles. The summed E-state index contributed by atoms with van der Waals surface area (Å²) in [7, 11) is 1.64. The third kappa shape index (κ3) is 5.91. The van der Waals surface area contributed by atoms with E-state index in [9.17, 15) is 4.79 Å². The van der Waals surface area contributed by atoms with E-state index in [4.69, 9.17) is 10.5 Å². The Morgan fingerprint density at radius 3 is 2.62 bits per heavy atom.